The van der Waals surface area contributed by atoms with Crippen molar-refractivity contribution in [1.82, 2.24) is 14.0 Å². The summed E-state index contributed by atoms with van der Waals surface area (Å²) >= 11 is 0. The molecule has 0 bridgehead atoms. The maximum Gasteiger partial charge on any atom is 0.142 e. The van der Waals surface area contributed by atoms with Crippen LogP contribution in [0.5, 0.6) is 0 Å². The second-order valence-electron chi connectivity index (χ2n) is 11.9. The van der Waals surface area contributed by atoms with Crippen LogP contribution >= 0.6 is 0 Å². The van der Waals surface area contributed by atoms with E-state index in [0.717, 1.165) is 41.4 Å². The number of fused-ring (bicyclic) bond motifs is 2. The Morgan fingerprint density at radius 1 is 0.865 bits per heavy atom. The molecule has 3 aromatic carbocycles. The van der Waals surface area contributed by atoms with Gasteiger partial charge in [0.1, 0.15) is 5.76 Å². The van der Waals surface area contributed by atoms with E-state index < -0.39 is 0 Å². The van der Waals surface area contributed by atoms with Gasteiger partial charge in [0.05, 0.1) is 28.9 Å². The number of benzene rings is 3. The van der Waals surface area contributed by atoms with Gasteiger partial charge in [0.2, 0.25) is 0 Å². The fourth-order valence-electron chi connectivity index (χ4n) is 6.99. The van der Waals surface area contributed by atoms with Gasteiger partial charge in [0.15, 0.2) is 0 Å². The van der Waals surface area contributed by atoms with Gasteiger partial charge in [-0.25, -0.2) is 0 Å². The van der Waals surface area contributed by atoms with Crippen molar-refractivity contribution in [2.24, 2.45) is 0 Å². The van der Waals surface area contributed by atoms with Crippen molar-refractivity contribution in [2.75, 3.05) is 13.2 Å². The lowest BCUT2D eigenvalue weighted by Gasteiger charge is -2.27. The van der Waals surface area contributed by atoms with Crippen LogP contribution in [0.15, 0.2) is 170 Å². The predicted molar refractivity (Wildman–Crippen MR) is 228 cm³/mol. The zero-order valence-corrected chi connectivity index (χ0v) is 30.9. The molecule has 2 aliphatic rings. The van der Waals surface area contributed by atoms with Crippen LogP contribution in [-0.4, -0.2) is 27.2 Å². The van der Waals surface area contributed by atoms with Gasteiger partial charge < -0.3 is 18.8 Å². The Kier molecular flexibility index (Phi) is 12.6. The van der Waals surface area contributed by atoms with Crippen LogP contribution in [0.1, 0.15) is 40.5 Å². The maximum absolute atomic E-state index is 6.22. The first-order valence-corrected chi connectivity index (χ1v) is 18.1. The Morgan fingerprint density at radius 3 is 2.42 bits per heavy atom. The minimum absolute atomic E-state index is 0.603. The number of allylic oxidation sites excluding steroid dienone is 15. The van der Waals surface area contributed by atoms with Crippen molar-refractivity contribution < 1.29 is 4.74 Å². The number of terminal acetylenes is 1. The van der Waals surface area contributed by atoms with Gasteiger partial charge in [0, 0.05) is 51.4 Å². The molecule has 0 amide bonds. The Balaban J connectivity index is 0.00000126. The number of hydrogen-bond donors (Lipinski definition) is 0. The molecule has 0 spiro atoms. The molecule has 0 radical (unpaired) electrons. The average molecular weight is 684 g/mol. The van der Waals surface area contributed by atoms with Gasteiger partial charge in [-0.3, -0.25) is 0 Å². The SMILES string of the molecule is C#C.C=C/C1=C(\C=C/C)N(C2=CCC=C(n3c4cccc5ccc6c(c54)c3cc3ccn(/C(C=C)=C/C=C\C)c36)C=C2)C/C=C\C=C/CCO1.CC. The van der Waals surface area contributed by atoms with Gasteiger partial charge in [-0.2, -0.15) is 0 Å². The molecule has 0 saturated heterocycles. The summed E-state index contributed by atoms with van der Waals surface area (Å²) < 4.78 is 10.9. The molecule has 1 aliphatic carbocycles. The van der Waals surface area contributed by atoms with E-state index in [9.17, 15) is 0 Å². The summed E-state index contributed by atoms with van der Waals surface area (Å²) in [6.07, 6.45) is 43.6. The molecule has 262 valence electrons. The quantitative estimate of drug-likeness (QED) is 0.0968. The summed E-state index contributed by atoms with van der Waals surface area (Å²) in [6.45, 7) is 17.6. The lowest BCUT2D eigenvalue weighted by Crippen LogP contribution is -2.23. The van der Waals surface area contributed by atoms with E-state index in [0.29, 0.717) is 13.2 Å². The van der Waals surface area contributed by atoms with Crippen molar-refractivity contribution in [1.29, 1.82) is 0 Å². The van der Waals surface area contributed by atoms with Gasteiger partial charge in [-0.15, -0.1) is 12.8 Å². The van der Waals surface area contributed by atoms with Crippen molar-refractivity contribution in [3.8, 4) is 12.8 Å². The lowest BCUT2D eigenvalue weighted by molar-refractivity contribution is 0.220. The Labute approximate surface area is 309 Å². The second kappa shape index (κ2) is 17.7. The molecule has 3 heterocycles. The molecule has 2 aromatic heterocycles. The smallest absolute Gasteiger partial charge is 0.142 e. The van der Waals surface area contributed by atoms with Crippen LogP contribution in [0, 0.1) is 12.8 Å². The first-order chi connectivity index (χ1) is 25.7. The van der Waals surface area contributed by atoms with Crippen LogP contribution in [0.2, 0.25) is 0 Å². The van der Waals surface area contributed by atoms with Crippen LogP contribution < -0.4 is 0 Å². The van der Waals surface area contributed by atoms with Crippen molar-refractivity contribution in [3.05, 3.63) is 170 Å². The summed E-state index contributed by atoms with van der Waals surface area (Å²) in [7, 11) is 0. The van der Waals surface area contributed by atoms with E-state index in [1.807, 2.05) is 45.9 Å². The van der Waals surface area contributed by atoms with E-state index in [1.54, 1.807) is 0 Å². The third-order valence-corrected chi connectivity index (χ3v) is 9.09. The normalized spacial score (nSPS) is 18.3. The van der Waals surface area contributed by atoms with Gasteiger partial charge >= 0.3 is 0 Å². The first kappa shape index (κ1) is 37.1. The first-order valence-electron chi connectivity index (χ1n) is 18.1. The van der Waals surface area contributed by atoms with E-state index in [4.69, 9.17) is 4.74 Å². The maximum atomic E-state index is 6.22. The Bertz CT molecular complexity index is 2370. The molecule has 52 heavy (non-hydrogen) atoms. The van der Waals surface area contributed by atoms with Gasteiger partial charge in [-0.1, -0.05) is 106 Å². The van der Waals surface area contributed by atoms with E-state index in [1.165, 1.54) is 43.5 Å². The van der Waals surface area contributed by atoms with Gasteiger partial charge in [-0.05, 0) is 86.7 Å². The molecule has 0 fully saturated rings. The molecule has 4 heteroatoms. The van der Waals surface area contributed by atoms with Crippen molar-refractivity contribution in [3.63, 3.8) is 0 Å². The predicted octanol–water partition coefficient (Wildman–Crippen LogP) is 12.7. The van der Waals surface area contributed by atoms with Crippen molar-refractivity contribution >= 4 is 54.9 Å². The number of ether oxygens (including phenoxy) is 1. The number of rotatable bonds is 7. The molecule has 0 N–H and O–H groups in total. The summed E-state index contributed by atoms with van der Waals surface area (Å²) in [5, 5.41) is 6.26. The molecule has 0 atom stereocenters. The highest BCUT2D eigenvalue weighted by molar-refractivity contribution is 6.30. The molecule has 5 aromatic rings. The average Bonchev–Trinajstić information content (AvgIpc) is 3.65. The third-order valence-electron chi connectivity index (χ3n) is 9.09. The summed E-state index contributed by atoms with van der Waals surface area (Å²) in [5.74, 6) is 0.785. The number of hydrogen-bond acceptors (Lipinski definition) is 2. The number of nitrogens with zero attached hydrogens (tertiary/aromatic N) is 3. The molecule has 1 aliphatic heterocycles. The summed E-state index contributed by atoms with van der Waals surface area (Å²) in [4.78, 5) is 2.31. The highest BCUT2D eigenvalue weighted by Crippen LogP contribution is 2.43. The van der Waals surface area contributed by atoms with Crippen LogP contribution in [-0.2, 0) is 4.74 Å². The lowest BCUT2D eigenvalue weighted by atomic mass is 10.0. The number of aromatic nitrogens is 2. The monoisotopic (exact) mass is 683 g/mol. The fraction of sp³-hybridized carbons (Fsp3) is 0.167. The van der Waals surface area contributed by atoms with Crippen molar-refractivity contribution in [2.45, 2.75) is 40.5 Å². The molecular weight excluding hydrogens is 635 g/mol. The van der Waals surface area contributed by atoms with E-state index >= 15 is 0 Å². The van der Waals surface area contributed by atoms with Gasteiger partial charge in [0.25, 0.3) is 0 Å². The molecular formula is C48H49N3O. The minimum Gasteiger partial charge on any atom is -0.491 e. The molecule has 0 saturated carbocycles. The molecule has 7 rings (SSSR count). The van der Waals surface area contributed by atoms with Crippen LogP contribution in [0.4, 0.5) is 0 Å². The fourth-order valence-corrected chi connectivity index (χ4v) is 6.99. The summed E-state index contributed by atoms with van der Waals surface area (Å²) in [5.41, 5.74) is 7.92. The van der Waals surface area contributed by atoms with Crippen LogP contribution in [0.25, 0.3) is 54.9 Å². The molecule has 4 nitrogen and oxygen atoms in total. The summed E-state index contributed by atoms with van der Waals surface area (Å²) in [6, 6.07) is 15.8. The minimum atomic E-state index is 0.603. The van der Waals surface area contributed by atoms with E-state index in [-0.39, 0.29) is 0 Å². The highest BCUT2D eigenvalue weighted by Gasteiger charge is 2.22. The third kappa shape index (κ3) is 7.04. The van der Waals surface area contributed by atoms with E-state index in [2.05, 4.69) is 162 Å². The second-order valence-corrected chi connectivity index (χ2v) is 11.9. The largest absolute Gasteiger partial charge is 0.491 e. The zero-order valence-electron chi connectivity index (χ0n) is 30.9. The molecule has 0 unspecified atom stereocenters. The Morgan fingerprint density at radius 2 is 1.65 bits per heavy atom. The highest BCUT2D eigenvalue weighted by atomic mass is 16.5. The zero-order chi connectivity index (χ0) is 37.0. The topological polar surface area (TPSA) is 22.3 Å². The standard InChI is InChI=1S/C44H41N3O.C2H6.C2H2/c1-5-9-19-34(7-3)46-29-27-33-31-40-43-37(44(33)46)26-23-32-18-15-22-39(42(32)43)47(40)36-21-16-20-35(24-25-36)45-28-13-11-10-12-14-30-48-41(8-4)38(45)17-6-2;2*1-2/h5-13,15,17-27,29,31H,3-4,14,16,28,30H2,1-2H3;1-2H3;1-2H/b9-5-,12-10-,13-11-,17-6-,34-19+,41-38-;;. The van der Waals surface area contributed by atoms with Crippen LogP contribution in [0.3, 0.4) is 0 Å². The Hall–Kier alpha value is -6.18.